The van der Waals surface area contributed by atoms with Crippen LogP contribution in [0.2, 0.25) is 0 Å². The molecular formula is C95H146N12O26P2S6. The molecule has 11 N–H and O–H groups in total. The third kappa shape index (κ3) is 41.7. The first kappa shape index (κ1) is 122. The van der Waals surface area contributed by atoms with Crippen LogP contribution >= 0.6 is 81.5 Å². The second kappa shape index (κ2) is 60.1. The first-order valence-corrected chi connectivity index (χ1v) is 57.9. The number of ether oxygens (including phenoxy) is 2. The summed E-state index contributed by atoms with van der Waals surface area (Å²) in [5.41, 5.74) is 0.358. The van der Waals surface area contributed by atoms with E-state index in [0.717, 1.165) is 74.3 Å². The van der Waals surface area contributed by atoms with Gasteiger partial charge in [0, 0.05) is 169 Å². The number of anilines is 2. The van der Waals surface area contributed by atoms with E-state index in [4.69, 9.17) is 18.5 Å². The van der Waals surface area contributed by atoms with Crippen molar-refractivity contribution in [1.29, 1.82) is 0 Å². The Morgan fingerprint density at radius 3 is 1.23 bits per heavy atom. The number of piperidine rings is 2. The molecular weight excluding hydrogens is 1980 g/mol. The van der Waals surface area contributed by atoms with Crippen LogP contribution in [0, 0.1) is 47.3 Å². The van der Waals surface area contributed by atoms with Gasteiger partial charge in [0.2, 0.25) is 35.4 Å². The Morgan fingerprint density at radius 1 is 0.525 bits per heavy atom. The largest absolute Gasteiger partial charge is 0.524 e. The molecule has 2 fully saturated rings. The van der Waals surface area contributed by atoms with Gasteiger partial charge in [-0.1, -0.05) is 150 Å². The summed E-state index contributed by atoms with van der Waals surface area (Å²) >= 11 is 2.10. The van der Waals surface area contributed by atoms with Crippen molar-refractivity contribution in [2.24, 2.45) is 47.3 Å². The molecule has 2 aliphatic heterocycles. The van der Waals surface area contributed by atoms with Gasteiger partial charge in [0.25, 0.3) is 11.8 Å². The lowest BCUT2D eigenvalue weighted by Gasteiger charge is -2.37. The van der Waals surface area contributed by atoms with Gasteiger partial charge in [-0.15, -0.1) is 22.7 Å². The third-order valence-electron chi connectivity index (χ3n) is 25.6. The molecule has 2 unspecified atom stereocenters. The SMILES string of the molecule is CC[C@H](C)[C@H](CC(=O)[C@H]1CCCCN1C)C(=O)N(C)[C@H](C[C@@H](OC(C)=O)c1nc(C(=O)N[C@@H](Cc2ccc(OP(=O)(O)O)c(NC(=O)CCCSSCCN(CCSSCCCC(=O)Nc3cc(C[C@@H](CC(C)C(=O)O)NC(=O)c4csc([C@@H](C[C@H](C(C)C)N(C)C(=O)[C@@H](CC(=O)[C@H]5CCCCN5C)[C@@H](C)CC)OC(C)=O)n4)ccc3OP(=O)(O)O)C(=O)CCC(=O)NC)c2)CC(C)C(=O)O)cs1)C(C)C. The number of carboxylic acids is 2. The van der Waals surface area contributed by atoms with Gasteiger partial charge in [-0.3, -0.25) is 96.5 Å². The van der Waals surface area contributed by atoms with Crippen LogP contribution in [0.3, 0.4) is 0 Å². The summed E-state index contributed by atoms with van der Waals surface area (Å²) in [6, 6.07) is 4.73. The molecule has 0 spiro atoms. The minimum atomic E-state index is -5.21. The number of thiazole rings is 2. The number of likely N-dealkylation sites (N-methyl/N-ethyl adjacent to an activating group) is 2. The maximum Gasteiger partial charge on any atom is 0.524 e. The molecule has 38 nitrogen and oxygen atoms in total. The van der Waals surface area contributed by atoms with Gasteiger partial charge < -0.3 is 70.0 Å². The van der Waals surface area contributed by atoms with Gasteiger partial charge in [-0.05, 0) is 150 Å². The minimum absolute atomic E-state index is 0.0286. The van der Waals surface area contributed by atoms with Crippen molar-refractivity contribution < 1.29 is 125 Å². The van der Waals surface area contributed by atoms with E-state index in [1.165, 1.54) is 125 Å². The van der Waals surface area contributed by atoms with Crippen LogP contribution in [0.15, 0.2) is 47.2 Å². The van der Waals surface area contributed by atoms with Gasteiger partial charge in [-0.25, -0.2) is 19.1 Å². The van der Waals surface area contributed by atoms with Crippen molar-refractivity contribution in [3.8, 4) is 11.5 Å². The lowest BCUT2D eigenvalue weighted by molar-refractivity contribution is -0.150. The lowest BCUT2D eigenvalue weighted by Crippen LogP contribution is -2.48. The van der Waals surface area contributed by atoms with Crippen molar-refractivity contribution in [2.75, 3.05) is 95.1 Å². The lowest BCUT2D eigenvalue weighted by atomic mass is 9.83. The highest BCUT2D eigenvalue weighted by atomic mass is 33.1. The number of nitrogens with one attached hydrogen (secondary N) is 5. The normalized spacial score (nSPS) is 16.9. The number of benzene rings is 2. The number of rotatable bonds is 63. The number of ketones is 2. The number of phosphoric acid groups is 2. The zero-order chi connectivity index (χ0) is 105. The fourth-order valence-corrected chi connectivity index (χ4v) is 23.8. The zero-order valence-electron chi connectivity index (χ0n) is 83.9. The molecule has 0 radical (unpaired) electrons. The van der Waals surface area contributed by atoms with Crippen LogP contribution in [0.5, 0.6) is 11.5 Å². The topological polar surface area (TPSA) is 534 Å². The molecule has 2 aromatic heterocycles. The second-order valence-corrected chi connectivity index (χ2v) is 46.8. The molecule has 2 aromatic carbocycles. The fraction of sp³-hybridized carbons (Fsp3) is 0.663. The number of carbonyl (C=O) groups is 14. The predicted molar refractivity (Wildman–Crippen MR) is 547 cm³/mol. The Bertz CT molecular complexity index is 4660. The molecule has 0 bridgehead atoms. The molecule has 4 aromatic rings. The number of nitrogens with zero attached hydrogens (tertiary/aromatic N) is 7. The van der Waals surface area contributed by atoms with E-state index in [9.17, 15) is 106 Å². The second-order valence-electron chi connectivity index (χ2n) is 37.3. The van der Waals surface area contributed by atoms with E-state index < -0.39 is 123 Å². The molecule has 2 aliphatic rings. The standard InChI is InChI=1S/C95H146N12O26P2S6/c1-18-58(7)68(50-78(110)74-26-20-22-36-103(74)14)92(118)105(16)76(56(3)4)52-82(130-62(11)108)90-101-72(54-136-90)88(116)97-66(44-60(9)94(120)121)46-64-30-32-80(132-134(124,125)126)70(48-64)99-85(113)28-24-40-138-140-42-38-107(87(115)35-34-84(112)96-13)39-43-141-139-41-25-29-86(114)100-71-49-65(31-33-81(71)133-135(127,128)129)47-67(45-61(10)95(122)123)98-89(117)73-55-137-91(102-73)83(131-63(12)109)53-77(57(5)6)106(17)93(119)69(59(8)19-2)51-79(111)75-27-21-23-37-104(75)15/h30-33,48-49,54-61,66-69,74-77,82-83H,18-29,34-47,50-53H2,1-17H3,(H,96,112)(H,97,116)(H,98,117)(H,99,113)(H,100,114)(H,120,121)(H,122,123)(H2,124,125,126)(H2,127,128,129)/t58-,59-,60?,61?,66+,67+,68-,69-,74+,75+,76+,77+,82+,83+/m0/s1. The molecule has 788 valence electrons. The number of aliphatic carboxylic acids is 2. The number of amides is 8. The highest BCUT2D eigenvalue weighted by molar-refractivity contribution is 8.77. The minimum Gasteiger partial charge on any atom is -0.481 e. The van der Waals surface area contributed by atoms with E-state index in [2.05, 4.69) is 46.4 Å². The van der Waals surface area contributed by atoms with Gasteiger partial charge in [0.15, 0.2) is 35.3 Å². The monoisotopic (exact) mass is 2120 g/mol. The zero-order valence-corrected chi connectivity index (χ0v) is 90.6. The smallest absolute Gasteiger partial charge is 0.481 e. The van der Waals surface area contributed by atoms with Crippen molar-refractivity contribution in [3.05, 3.63) is 79.7 Å². The molecule has 6 rings (SSSR count). The maximum atomic E-state index is 14.6. The van der Waals surface area contributed by atoms with Gasteiger partial charge in [0.1, 0.15) is 21.4 Å². The Morgan fingerprint density at radius 2 is 0.901 bits per heavy atom. The third-order valence-corrected chi connectivity index (χ3v) is 33.3. The van der Waals surface area contributed by atoms with Gasteiger partial charge >= 0.3 is 39.5 Å². The number of carboxylic acid groups (broad SMARTS) is 2. The van der Waals surface area contributed by atoms with E-state index in [1.807, 2.05) is 69.5 Å². The van der Waals surface area contributed by atoms with Crippen LogP contribution < -0.4 is 35.6 Å². The van der Waals surface area contributed by atoms with E-state index >= 15 is 0 Å². The average Bonchev–Trinajstić information content (AvgIpc) is 1.81. The van der Waals surface area contributed by atoms with Crippen molar-refractivity contribution >= 4 is 176 Å². The van der Waals surface area contributed by atoms with Gasteiger partial charge in [0.05, 0.1) is 35.3 Å². The number of phosphoric ester groups is 2. The number of likely N-dealkylation sites (tertiary alicyclic amines) is 2. The average molecular weight is 2130 g/mol. The first-order valence-electron chi connectivity index (χ1n) is 48.1. The van der Waals surface area contributed by atoms with Crippen LogP contribution in [-0.4, -0.2) is 268 Å². The molecule has 46 heteroatoms. The number of Topliss-reactive ketones (excluding diaryl/α,β-unsaturated/α-hetero) is 2. The van der Waals surface area contributed by atoms with E-state index in [1.54, 1.807) is 28.8 Å². The number of hydrogen-bond donors (Lipinski definition) is 11. The van der Waals surface area contributed by atoms with Crippen LogP contribution in [0.25, 0.3) is 0 Å². The summed E-state index contributed by atoms with van der Waals surface area (Å²) in [7, 11) is 4.01. The van der Waals surface area contributed by atoms with E-state index in [-0.39, 0.29) is 192 Å². The summed E-state index contributed by atoms with van der Waals surface area (Å²) in [6.07, 6.45) is 5.03. The fourth-order valence-electron chi connectivity index (χ4n) is 17.2. The van der Waals surface area contributed by atoms with Crippen LogP contribution in [0.1, 0.15) is 266 Å². The van der Waals surface area contributed by atoms with Crippen molar-refractivity contribution in [3.63, 3.8) is 0 Å². The Balaban J connectivity index is 1.03. The number of esters is 2. The summed E-state index contributed by atoms with van der Waals surface area (Å²) in [5, 5.41) is 37.2. The predicted octanol–water partition coefficient (Wildman–Crippen LogP) is 13.9. The summed E-state index contributed by atoms with van der Waals surface area (Å²) in [4.78, 5) is 246. The number of carbonyl (C=O) groups excluding carboxylic acids is 12. The highest BCUT2D eigenvalue weighted by Crippen LogP contribution is 2.45. The quantitative estimate of drug-likeness (QED) is 0.00846. The van der Waals surface area contributed by atoms with E-state index in [0.29, 0.717) is 72.9 Å². The summed E-state index contributed by atoms with van der Waals surface area (Å²) in [5.74, 6) is -9.82. The summed E-state index contributed by atoms with van der Waals surface area (Å²) in [6.45, 7) is 23.2. The Labute approximate surface area is 851 Å². The molecule has 2 saturated heterocycles. The maximum absolute atomic E-state index is 14.6. The van der Waals surface area contributed by atoms with Crippen molar-refractivity contribution in [1.82, 2.24) is 50.4 Å². The highest BCUT2D eigenvalue weighted by Gasteiger charge is 2.42. The number of hydrogen-bond acceptors (Lipinski definition) is 30. The first-order chi connectivity index (χ1) is 66.4. The molecule has 8 amide bonds. The van der Waals surface area contributed by atoms with Crippen molar-refractivity contribution in [2.45, 2.75) is 273 Å². The molecule has 4 heterocycles. The molecule has 0 saturated carbocycles. The Kier molecular flexibility index (Phi) is 51.8. The Hall–Kier alpha value is -8.10. The number of aromatic nitrogens is 2. The van der Waals surface area contributed by atoms with Crippen LogP contribution in [-0.2, 0) is 89.0 Å². The molecule has 14 atom stereocenters. The molecule has 0 aliphatic carbocycles. The van der Waals surface area contributed by atoms with Crippen LogP contribution in [0.4, 0.5) is 11.4 Å². The van der Waals surface area contributed by atoms with Gasteiger partial charge in [-0.2, -0.15) is 0 Å². The summed E-state index contributed by atoms with van der Waals surface area (Å²) < 4.78 is 46.2. The molecule has 141 heavy (non-hydrogen) atoms.